The summed E-state index contributed by atoms with van der Waals surface area (Å²) in [6.07, 6.45) is -0.771. The van der Waals surface area contributed by atoms with Crippen molar-refractivity contribution in [3.63, 3.8) is 0 Å². The lowest BCUT2D eigenvalue weighted by molar-refractivity contribution is 0.149. The molecule has 0 fully saturated rings. The van der Waals surface area contributed by atoms with Crippen LogP contribution < -0.4 is 0 Å². The lowest BCUT2D eigenvalue weighted by Gasteiger charge is -2.04. The minimum atomic E-state index is -2.29. The number of hydrogen-bond donors (Lipinski definition) is 0. The molecule has 3 heteroatoms. The number of rotatable bonds is 3. The highest BCUT2D eigenvalue weighted by atomic mass is 19.3. The molecule has 80 valence electrons. The van der Waals surface area contributed by atoms with Gasteiger partial charge in [-0.2, -0.15) is 0 Å². The van der Waals surface area contributed by atoms with Gasteiger partial charge in [0.1, 0.15) is 0 Å². The number of alkyl halides is 2. The van der Waals surface area contributed by atoms with Crippen LogP contribution >= 0.6 is 0 Å². The molecule has 0 bridgehead atoms. The highest BCUT2D eigenvalue weighted by Gasteiger charge is 2.17. The van der Waals surface area contributed by atoms with E-state index in [1.165, 1.54) is 0 Å². The Balaban J connectivity index is 2.34. The number of aliphatic imine (C=N–C) groups is 1. The fourth-order valence-corrected chi connectivity index (χ4v) is 1.88. The van der Waals surface area contributed by atoms with Gasteiger partial charge >= 0.3 is 0 Å². The van der Waals surface area contributed by atoms with Gasteiger partial charge in [-0.3, -0.25) is 4.99 Å². The largest absolute Gasteiger partial charge is 0.257 e. The molecule has 1 heterocycles. The Labute approximate surface area is 87.8 Å². The number of benzene rings is 1. The molecule has 0 amide bonds. The lowest BCUT2D eigenvalue weighted by Crippen LogP contribution is -1.97. The molecule has 1 nitrogen and oxygen atoms in total. The predicted molar refractivity (Wildman–Crippen MR) is 57.2 cm³/mol. The van der Waals surface area contributed by atoms with Crippen molar-refractivity contribution >= 4 is 11.4 Å². The van der Waals surface area contributed by atoms with Crippen LogP contribution in [0.3, 0.4) is 0 Å². The van der Waals surface area contributed by atoms with Crippen LogP contribution in [0.1, 0.15) is 24.5 Å². The van der Waals surface area contributed by atoms with Gasteiger partial charge in [0.25, 0.3) is 0 Å². The molecule has 1 aliphatic rings. The van der Waals surface area contributed by atoms with Gasteiger partial charge in [0, 0.05) is 18.6 Å². The molecular formula is C12H13F2N. The fraction of sp³-hybridized carbons (Fsp3) is 0.417. The molecule has 15 heavy (non-hydrogen) atoms. The molecule has 0 atom stereocenters. The van der Waals surface area contributed by atoms with Crippen molar-refractivity contribution in [1.82, 2.24) is 0 Å². The zero-order valence-electron chi connectivity index (χ0n) is 8.63. The Morgan fingerprint density at radius 1 is 1.40 bits per heavy atom. The third kappa shape index (κ3) is 2.06. The summed E-state index contributed by atoms with van der Waals surface area (Å²) in [5, 5.41) is 0. The number of fused-ring (bicyclic) bond motifs is 1. The summed E-state index contributed by atoms with van der Waals surface area (Å²) in [6, 6.07) is 5.55. The minimum Gasteiger partial charge on any atom is -0.257 e. The van der Waals surface area contributed by atoms with E-state index >= 15 is 0 Å². The molecule has 0 saturated carbocycles. The van der Waals surface area contributed by atoms with Gasteiger partial charge in [-0.15, -0.1) is 0 Å². The monoisotopic (exact) mass is 209 g/mol. The molecule has 2 rings (SSSR count). The number of halogens is 2. The first-order valence-corrected chi connectivity index (χ1v) is 5.16. The van der Waals surface area contributed by atoms with Gasteiger partial charge in [0.05, 0.1) is 5.69 Å². The summed E-state index contributed by atoms with van der Waals surface area (Å²) in [4.78, 5) is 4.41. The standard InChI is InChI=1S/C12H13F2N/c1-2-10-6-8-4-3-5-9(7-11(13)14)12(8)15-10/h3-5,11H,2,6-7H2,1H3. The van der Waals surface area contributed by atoms with Crippen LogP contribution in [-0.4, -0.2) is 12.1 Å². The van der Waals surface area contributed by atoms with Crippen LogP contribution in [0.25, 0.3) is 0 Å². The number of nitrogens with zero attached hydrogens (tertiary/aromatic N) is 1. The Morgan fingerprint density at radius 2 is 2.20 bits per heavy atom. The summed E-state index contributed by atoms with van der Waals surface area (Å²) < 4.78 is 24.6. The Bertz CT molecular complexity index is 397. The van der Waals surface area contributed by atoms with E-state index in [0.717, 1.165) is 29.8 Å². The van der Waals surface area contributed by atoms with Crippen molar-refractivity contribution in [1.29, 1.82) is 0 Å². The van der Waals surface area contributed by atoms with Crippen LogP contribution in [-0.2, 0) is 12.8 Å². The van der Waals surface area contributed by atoms with Crippen molar-refractivity contribution in [3.8, 4) is 0 Å². The van der Waals surface area contributed by atoms with Gasteiger partial charge in [0.15, 0.2) is 0 Å². The molecule has 0 saturated heterocycles. The highest BCUT2D eigenvalue weighted by molar-refractivity contribution is 5.94. The van der Waals surface area contributed by atoms with Crippen molar-refractivity contribution in [2.45, 2.75) is 32.6 Å². The van der Waals surface area contributed by atoms with Crippen LogP contribution in [0.2, 0.25) is 0 Å². The van der Waals surface area contributed by atoms with Crippen LogP contribution in [0.4, 0.5) is 14.5 Å². The van der Waals surface area contributed by atoms with E-state index in [9.17, 15) is 8.78 Å². The van der Waals surface area contributed by atoms with E-state index in [1.807, 2.05) is 19.1 Å². The van der Waals surface area contributed by atoms with Crippen molar-refractivity contribution in [2.75, 3.05) is 0 Å². The Kier molecular flexibility index (Phi) is 2.80. The van der Waals surface area contributed by atoms with Crippen LogP contribution in [0.5, 0.6) is 0 Å². The molecule has 0 unspecified atom stereocenters. The maximum Gasteiger partial charge on any atom is 0.242 e. The predicted octanol–water partition coefficient (Wildman–Crippen LogP) is 3.53. The first kappa shape index (κ1) is 10.3. The van der Waals surface area contributed by atoms with Gasteiger partial charge in [-0.25, -0.2) is 8.78 Å². The highest BCUT2D eigenvalue weighted by Crippen LogP contribution is 2.32. The summed E-state index contributed by atoms with van der Waals surface area (Å²) in [7, 11) is 0. The summed E-state index contributed by atoms with van der Waals surface area (Å²) in [6.45, 7) is 2.04. The first-order valence-electron chi connectivity index (χ1n) is 5.16. The maximum atomic E-state index is 12.3. The maximum absolute atomic E-state index is 12.3. The van der Waals surface area contributed by atoms with Crippen LogP contribution in [0, 0.1) is 0 Å². The summed E-state index contributed by atoms with van der Waals surface area (Å²) in [5.41, 5.74) is 3.64. The number of hydrogen-bond acceptors (Lipinski definition) is 1. The first-order chi connectivity index (χ1) is 7.20. The smallest absolute Gasteiger partial charge is 0.242 e. The molecule has 0 aromatic heterocycles. The van der Waals surface area contributed by atoms with E-state index < -0.39 is 6.43 Å². The Morgan fingerprint density at radius 3 is 2.87 bits per heavy atom. The average molecular weight is 209 g/mol. The van der Waals surface area contributed by atoms with E-state index in [1.54, 1.807) is 6.07 Å². The zero-order valence-corrected chi connectivity index (χ0v) is 8.63. The SMILES string of the molecule is CCC1=Nc2c(cccc2CC(F)F)C1. The zero-order chi connectivity index (χ0) is 10.8. The van der Waals surface area contributed by atoms with Gasteiger partial charge in [0.2, 0.25) is 6.43 Å². The van der Waals surface area contributed by atoms with E-state index in [-0.39, 0.29) is 6.42 Å². The third-order valence-corrected chi connectivity index (χ3v) is 2.65. The summed E-state index contributed by atoms with van der Waals surface area (Å²) in [5.74, 6) is 0. The van der Waals surface area contributed by atoms with E-state index in [4.69, 9.17) is 0 Å². The molecular weight excluding hydrogens is 196 g/mol. The number of para-hydroxylation sites is 1. The van der Waals surface area contributed by atoms with Gasteiger partial charge < -0.3 is 0 Å². The molecule has 1 aromatic carbocycles. The molecule has 0 aliphatic carbocycles. The molecule has 0 spiro atoms. The second-order valence-corrected chi connectivity index (χ2v) is 3.73. The van der Waals surface area contributed by atoms with E-state index in [0.29, 0.717) is 5.56 Å². The fourth-order valence-electron chi connectivity index (χ4n) is 1.88. The molecule has 1 aromatic rings. The van der Waals surface area contributed by atoms with Crippen molar-refractivity contribution < 1.29 is 8.78 Å². The second kappa shape index (κ2) is 4.09. The Hall–Kier alpha value is -1.25. The molecule has 1 aliphatic heterocycles. The van der Waals surface area contributed by atoms with Crippen molar-refractivity contribution in [3.05, 3.63) is 29.3 Å². The second-order valence-electron chi connectivity index (χ2n) is 3.73. The summed E-state index contributed by atoms with van der Waals surface area (Å²) >= 11 is 0. The van der Waals surface area contributed by atoms with Crippen molar-refractivity contribution in [2.24, 2.45) is 4.99 Å². The lowest BCUT2D eigenvalue weighted by atomic mass is 10.0. The molecule has 0 radical (unpaired) electrons. The van der Waals surface area contributed by atoms with Gasteiger partial charge in [-0.05, 0) is 17.5 Å². The normalized spacial score (nSPS) is 14.3. The quantitative estimate of drug-likeness (QED) is 0.722. The topological polar surface area (TPSA) is 12.4 Å². The minimum absolute atomic E-state index is 0.191. The molecule has 0 N–H and O–H groups in total. The van der Waals surface area contributed by atoms with E-state index in [2.05, 4.69) is 4.99 Å². The van der Waals surface area contributed by atoms with Gasteiger partial charge in [-0.1, -0.05) is 25.1 Å². The average Bonchev–Trinajstić information content (AvgIpc) is 2.61. The van der Waals surface area contributed by atoms with Crippen LogP contribution in [0.15, 0.2) is 23.2 Å². The third-order valence-electron chi connectivity index (χ3n) is 2.65.